The SMILES string of the molecule is Cc1cc(Nc2ccccc2)nc(Nc2ccc(NC(=O)c3ccc(I)cc3)cc2)n1. The third-order valence-electron chi connectivity index (χ3n) is 4.41. The Kier molecular flexibility index (Phi) is 6.42. The topological polar surface area (TPSA) is 78.9 Å². The number of nitrogens with zero attached hydrogens (tertiary/aromatic N) is 2. The first-order valence-corrected chi connectivity index (χ1v) is 10.7. The van der Waals surface area contributed by atoms with Crippen molar-refractivity contribution in [1.29, 1.82) is 0 Å². The van der Waals surface area contributed by atoms with Crippen molar-refractivity contribution < 1.29 is 4.79 Å². The second-order valence-electron chi connectivity index (χ2n) is 6.87. The van der Waals surface area contributed by atoms with Crippen molar-refractivity contribution in [1.82, 2.24) is 9.97 Å². The van der Waals surface area contributed by atoms with Crippen molar-refractivity contribution in [2.45, 2.75) is 6.92 Å². The van der Waals surface area contributed by atoms with Crippen LogP contribution < -0.4 is 16.0 Å². The molecule has 4 rings (SSSR count). The number of para-hydroxylation sites is 1. The van der Waals surface area contributed by atoms with Gasteiger partial charge in [-0.3, -0.25) is 4.79 Å². The number of halogens is 1. The summed E-state index contributed by atoms with van der Waals surface area (Å²) in [7, 11) is 0. The van der Waals surface area contributed by atoms with Gasteiger partial charge in [-0.05, 0) is 90.2 Å². The molecule has 0 atom stereocenters. The van der Waals surface area contributed by atoms with Gasteiger partial charge in [-0.1, -0.05) is 18.2 Å². The molecule has 0 saturated heterocycles. The van der Waals surface area contributed by atoms with Gasteiger partial charge in [0.25, 0.3) is 5.91 Å². The Labute approximate surface area is 194 Å². The molecule has 1 heterocycles. The molecular weight excluding hydrogens is 501 g/mol. The monoisotopic (exact) mass is 521 g/mol. The molecule has 1 aromatic heterocycles. The van der Waals surface area contributed by atoms with Crippen molar-refractivity contribution in [2.75, 3.05) is 16.0 Å². The Morgan fingerprint density at radius 1 is 0.774 bits per heavy atom. The van der Waals surface area contributed by atoms with Gasteiger partial charge in [-0.25, -0.2) is 4.98 Å². The minimum atomic E-state index is -0.143. The predicted molar refractivity (Wildman–Crippen MR) is 133 cm³/mol. The molecule has 0 aliphatic rings. The van der Waals surface area contributed by atoms with E-state index in [4.69, 9.17) is 0 Å². The van der Waals surface area contributed by atoms with E-state index in [-0.39, 0.29) is 5.91 Å². The van der Waals surface area contributed by atoms with Crippen LogP contribution in [0.1, 0.15) is 16.1 Å². The zero-order valence-corrected chi connectivity index (χ0v) is 18.9. The smallest absolute Gasteiger partial charge is 0.255 e. The molecule has 31 heavy (non-hydrogen) atoms. The molecule has 0 spiro atoms. The molecule has 3 aromatic carbocycles. The van der Waals surface area contributed by atoms with Gasteiger partial charge in [0, 0.05) is 38.0 Å². The van der Waals surface area contributed by atoms with E-state index in [9.17, 15) is 4.79 Å². The molecule has 0 saturated carbocycles. The Hall–Kier alpha value is -3.46. The number of aryl methyl sites for hydroxylation is 1. The van der Waals surface area contributed by atoms with Gasteiger partial charge >= 0.3 is 0 Å². The molecule has 154 valence electrons. The van der Waals surface area contributed by atoms with E-state index in [0.29, 0.717) is 23.0 Å². The van der Waals surface area contributed by atoms with Crippen LogP contribution in [0.4, 0.5) is 28.8 Å². The largest absolute Gasteiger partial charge is 0.340 e. The number of aromatic nitrogens is 2. The third kappa shape index (κ3) is 5.79. The highest BCUT2D eigenvalue weighted by Crippen LogP contribution is 2.21. The van der Waals surface area contributed by atoms with Crippen molar-refractivity contribution in [3.63, 3.8) is 0 Å². The zero-order valence-electron chi connectivity index (χ0n) is 16.8. The first kappa shape index (κ1) is 20.8. The molecule has 6 nitrogen and oxygen atoms in total. The summed E-state index contributed by atoms with van der Waals surface area (Å²) in [5.41, 5.74) is 3.96. The molecule has 0 radical (unpaired) electrons. The van der Waals surface area contributed by atoms with Gasteiger partial charge < -0.3 is 16.0 Å². The first-order valence-electron chi connectivity index (χ1n) is 9.67. The van der Waals surface area contributed by atoms with Gasteiger partial charge in [-0.2, -0.15) is 4.98 Å². The standard InChI is InChI=1S/C24H20IN5O/c1-16-15-22(27-19-5-3-2-4-6-19)30-24(26-16)29-21-13-11-20(12-14-21)28-23(31)17-7-9-18(25)10-8-17/h2-15H,1H3,(H,28,31)(H2,26,27,29,30). The molecule has 3 N–H and O–H groups in total. The quantitative estimate of drug-likeness (QED) is 0.266. The van der Waals surface area contributed by atoms with Crippen LogP contribution in [0.25, 0.3) is 0 Å². The number of rotatable bonds is 6. The molecule has 0 bridgehead atoms. The summed E-state index contributed by atoms with van der Waals surface area (Å²) < 4.78 is 1.09. The van der Waals surface area contributed by atoms with Crippen molar-refractivity contribution in [3.05, 3.63) is 99.8 Å². The lowest BCUT2D eigenvalue weighted by molar-refractivity contribution is 0.102. The lowest BCUT2D eigenvalue weighted by Crippen LogP contribution is -2.11. The second-order valence-corrected chi connectivity index (χ2v) is 8.12. The summed E-state index contributed by atoms with van der Waals surface area (Å²) in [4.78, 5) is 21.4. The van der Waals surface area contributed by atoms with Crippen LogP contribution in [-0.2, 0) is 0 Å². The van der Waals surface area contributed by atoms with E-state index in [1.54, 1.807) is 0 Å². The lowest BCUT2D eigenvalue weighted by atomic mass is 10.2. The number of carbonyl (C=O) groups is 1. The van der Waals surface area contributed by atoms with Gasteiger partial charge in [0.15, 0.2) is 0 Å². The highest BCUT2D eigenvalue weighted by Gasteiger charge is 2.07. The molecule has 1 amide bonds. The van der Waals surface area contributed by atoms with E-state index in [2.05, 4.69) is 48.5 Å². The maximum Gasteiger partial charge on any atom is 0.255 e. The zero-order chi connectivity index (χ0) is 21.6. The summed E-state index contributed by atoms with van der Waals surface area (Å²) >= 11 is 2.21. The Bertz CT molecular complexity index is 1180. The summed E-state index contributed by atoms with van der Waals surface area (Å²) in [5.74, 6) is 1.06. The van der Waals surface area contributed by atoms with Crippen LogP contribution in [0, 0.1) is 10.5 Å². The number of carbonyl (C=O) groups excluding carboxylic acids is 1. The van der Waals surface area contributed by atoms with Crippen molar-refractivity contribution in [3.8, 4) is 0 Å². The summed E-state index contributed by atoms with van der Waals surface area (Å²) in [5, 5.41) is 9.40. The van der Waals surface area contributed by atoms with Gasteiger partial charge in [0.2, 0.25) is 5.95 Å². The molecule has 0 fully saturated rings. The van der Waals surface area contributed by atoms with Gasteiger partial charge in [0.1, 0.15) is 5.82 Å². The van der Waals surface area contributed by atoms with Crippen LogP contribution in [0.15, 0.2) is 84.9 Å². The molecule has 0 unspecified atom stereocenters. The number of anilines is 5. The normalized spacial score (nSPS) is 10.4. The van der Waals surface area contributed by atoms with E-state index in [0.717, 1.165) is 20.6 Å². The summed E-state index contributed by atoms with van der Waals surface area (Å²) in [6.45, 7) is 1.92. The van der Waals surface area contributed by atoms with Crippen LogP contribution >= 0.6 is 22.6 Å². The highest BCUT2D eigenvalue weighted by atomic mass is 127. The fraction of sp³-hybridized carbons (Fsp3) is 0.0417. The average molecular weight is 521 g/mol. The van der Waals surface area contributed by atoms with E-state index in [1.807, 2.05) is 91.9 Å². The number of hydrogen-bond donors (Lipinski definition) is 3. The van der Waals surface area contributed by atoms with Crippen LogP contribution in [0.5, 0.6) is 0 Å². The minimum Gasteiger partial charge on any atom is -0.340 e. The van der Waals surface area contributed by atoms with E-state index in [1.165, 1.54) is 0 Å². The van der Waals surface area contributed by atoms with Gasteiger partial charge in [0.05, 0.1) is 0 Å². The van der Waals surface area contributed by atoms with E-state index >= 15 is 0 Å². The fourth-order valence-corrected chi connectivity index (χ4v) is 3.29. The Morgan fingerprint density at radius 2 is 1.42 bits per heavy atom. The summed E-state index contributed by atoms with van der Waals surface area (Å²) in [6.07, 6.45) is 0. The molecule has 0 aliphatic carbocycles. The lowest BCUT2D eigenvalue weighted by Gasteiger charge is -2.11. The molecular formula is C24H20IN5O. The van der Waals surface area contributed by atoms with Gasteiger partial charge in [-0.15, -0.1) is 0 Å². The summed E-state index contributed by atoms with van der Waals surface area (Å²) in [6, 6.07) is 26.6. The Morgan fingerprint density at radius 3 is 2.13 bits per heavy atom. The maximum absolute atomic E-state index is 12.4. The molecule has 4 aromatic rings. The molecule has 0 aliphatic heterocycles. The van der Waals surface area contributed by atoms with Crippen LogP contribution in [-0.4, -0.2) is 15.9 Å². The van der Waals surface area contributed by atoms with Crippen molar-refractivity contribution in [2.24, 2.45) is 0 Å². The van der Waals surface area contributed by atoms with Crippen molar-refractivity contribution >= 4 is 57.3 Å². The Balaban J connectivity index is 1.43. The predicted octanol–water partition coefficient (Wildman–Crippen LogP) is 6.13. The molecule has 7 heteroatoms. The van der Waals surface area contributed by atoms with Crippen LogP contribution in [0.3, 0.4) is 0 Å². The van der Waals surface area contributed by atoms with Crippen LogP contribution in [0.2, 0.25) is 0 Å². The average Bonchev–Trinajstić information content (AvgIpc) is 2.76. The number of benzene rings is 3. The number of hydrogen-bond acceptors (Lipinski definition) is 5. The third-order valence-corrected chi connectivity index (χ3v) is 5.12. The van der Waals surface area contributed by atoms with E-state index < -0.39 is 0 Å². The second kappa shape index (κ2) is 9.57. The highest BCUT2D eigenvalue weighted by molar-refractivity contribution is 14.1. The number of nitrogens with one attached hydrogen (secondary N) is 3. The number of amides is 1. The minimum absolute atomic E-state index is 0.143. The fourth-order valence-electron chi connectivity index (χ4n) is 2.93. The first-order chi connectivity index (χ1) is 15.0. The maximum atomic E-state index is 12.4.